The second kappa shape index (κ2) is 57.2. The molecule has 0 aromatic heterocycles. The Morgan fingerprint density at radius 1 is 0.583 bits per heavy atom. The maximum atomic E-state index is 3.25. The van der Waals surface area contributed by atoms with Gasteiger partial charge in [-0.15, -0.1) is 0 Å². The molecular formula is C34H85Y2-. The fourth-order valence-electron chi connectivity index (χ4n) is 0.167. The molecule has 0 aliphatic heterocycles. The molecule has 2 radical (unpaired) electrons. The van der Waals surface area contributed by atoms with Gasteiger partial charge in [0, 0.05) is 65.4 Å². The Balaban J connectivity index is -0.0000000223. The predicted molar refractivity (Wildman–Crippen MR) is 175 cm³/mol. The van der Waals surface area contributed by atoms with E-state index in [9.17, 15) is 0 Å². The first-order valence-electron chi connectivity index (χ1n) is 15.1. The second-order valence-corrected chi connectivity index (χ2v) is 11.1. The molecule has 0 bridgehead atoms. The molecule has 1 fully saturated rings. The van der Waals surface area contributed by atoms with Gasteiger partial charge in [0.25, 0.3) is 0 Å². The molecule has 2 heteroatoms. The third kappa shape index (κ3) is 222. The third-order valence-corrected chi connectivity index (χ3v) is 3.66. The van der Waals surface area contributed by atoms with Gasteiger partial charge in [-0.3, -0.25) is 0 Å². The van der Waals surface area contributed by atoms with Gasteiger partial charge in [0.15, 0.2) is 0 Å². The summed E-state index contributed by atoms with van der Waals surface area (Å²) in [6.07, 6.45) is 4.24. The minimum Gasteiger partial charge on any atom is -0.346 e. The van der Waals surface area contributed by atoms with E-state index in [1.54, 1.807) is 6.92 Å². The van der Waals surface area contributed by atoms with Gasteiger partial charge in [-0.1, -0.05) is 185 Å². The molecule has 1 aliphatic rings. The molecule has 0 amide bonds. The zero-order valence-corrected chi connectivity index (χ0v) is 37.3. The standard InChI is InChI=1S/C7H16.C6H14.C5H12.C4H8.5C2H6.C2H5.2Y/c1-6(2)7(3,4)5;1-5-6(2,3)4;1-5(2,3)4;1-4-2-3-4;6*1-2;;/h6H,1-5H3;5H2,1-4H3;1-4H3;4H,2-3H2,1H3;5*1-2H3;1H2,2H3;;/q;;;;;;;;;-1;;. The van der Waals surface area contributed by atoms with Crippen molar-refractivity contribution in [2.45, 2.75) is 192 Å². The second-order valence-electron chi connectivity index (χ2n) is 11.1. The molecule has 0 nitrogen and oxygen atoms in total. The Morgan fingerprint density at radius 3 is 0.667 bits per heavy atom. The summed E-state index contributed by atoms with van der Waals surface area (Å²) in [5.74, 6) is 1.88. The van der Waals surface area contributed by atoms with Crippen LogP contribution in [0, 0.1) is 35.0 Å². The Bertz CT molecular complexity index is 227. The van der Waals surface area contributed by atoms with Crippen LogP contribution >= 0.6 is 0 Å². The largest absolute Gasteiger partial charge is 0.346 e. The Morgan fingerprint density at radius 2 is 0.667 bits per heavy atom. The van der Waals surface area contributed by atoms with Gasteiger partial charge in [0.2, 0.25) is 0 Å². The van der Waals surface area contributed by atoms with Crippen molar-refractivity contribution in [3.8, 4) is 0 Å². The van der Waals surface area contributed by atoms with E-state index >= 15 is 0 Å². The topological polar surface area (TPSA) is 0 Å². The van der Waals surface area contributed by atoms with Gasteiger partial charge in [-0.25, -0.2) is 0 Å². The van der Waals surface area contributed by atoms with Crippen LogP contribution in [-0.2, 0) is 65.4 Å². The number of hydrogen-bond acceptors (Lipinski definition) is 0. The minimum atomic E-state index is 0. The van der Waals surface area contributed by atoms with Crippen LogP contribution in [0.2, 0.25) is 0 Å². The fraction of sp³-hybridized carbons (Fsp3) is 0.971. The zero-order valence-electron chi connectivity index (χ0n) is 31.6. The van der Waals surface area contributed by atoms with Gasteiger partial charge >= 0.3 is 0 Å². The van der Waals surface area contributed by atoms with Crippen molar-refractivity contribution >= 4 is 0 Å². The minimum absolute atomic E-state index is 0. The third-order valence-electron chi connectivity index (χ3n) is 3.66. The van der Waals surface area contributed by atoms with Crippen molar-refractivity contribution < 1.29 is 65.4 Å². The quantitative estimate of drug-likeness (QED) is 0.225. The number of hydrogen-bond donors (Lipinski definition) is 0. The normalized spacial score (nSPS) is 10.1. The van der Waals surface area contributed by atoms with Crippen molar-refractivity contribution in [3.63, 3.8) is 0 Å². The monoisotopic (exact) mass is 671 g/mol. The van der Waals surface area contributed by atoms with E-state index in [4.69, 9.17) is 0 Å². The summed E-state index contributed by atoms with van der Waals surface area (Å²) >= 11 is 0. The van der Waals surface area contributed by atoms with Crippen LogP contribution in [0.5, 0.6) is 0 Å². The Hall–Kier alpha value is 2.21. The zero-order chi connectivity index (χ0) is 30.8. The van der Waals surface area contributed by atoms with Crippen molar-refractivity contribution in [1.29, 1.82) is 0 Å². The van der Waals surface area contributed by atoms with E-state index in [1.165, 1.54) is 19.3 Å². The Labute approximate surface area is 290 Å². The van der Waals surface area contributed by atoms with Crippen molar-refractivity contribution in [1.82, 2.24) is 0 Å². The number of rotatable bonds is 0. The van der Waals surface area contributed by atoms with Crippen LogP contribution in [0.4, 0.5) is 0 Å². The first kappa shape index (κ1) is 71.5. The summed E-state index contributed by atoms with van der Waals surface area (Å²) in [5.41, 5.74) is 1.54. The van der Waals surface area contributed by atoms with Crippen LogP contribution < -0.4 is 0 Å². The molecule has 1 saturated carbocycles. The molecule has 0 aromatic rings. The van der Waals surface area contributed by atoms with Gasteiger partial charge in [0.1, 0.15) is 0 Å². The molecule has 1 aliphatic carbocycles. The van der Waals surface area contributed by atoms with Crippen LogP contribution in [0.1, 0.15) is 192 Å². The van der Waals surface area contributed by atoms with E-state index in [2.05, 4.69) is 104 Å². The van der Waals surface area contributed by atoms with Crippen LogP contribution in [-0.4, -0.2) is 0 Å². The van der Waals surface area contributed by atoms with E-state index in [0.717, 1.165) is 11.8 Å². The van der Waals surface area contributed by atoms with Crippen molar-refractivity contribution in [3.05, 3.63) is 6.92 Å². The summed E-state index contributed by atoms with van der Waals surface area (Å²) in [6.45, 7) is 56.3. The summed E-state index contributed by atoms with van der Waals surface area (Å²) < 4.78 is 0. The molecule has 0 saturated heterocycles. The summed E-state index contributed by atoms with van der Waals surface area (Å²) in [5, 5.41) is 0. The smallest absolute Gasteiger partial charge is 0 e. The van der Waals surface area contributed by atoms with Crippen LogP contribution in [0.15, 0.2) is 0 Å². The van der Waals surface area contributed by atoms with E-state index < -0.39 is 0 Å². The van der Waals surface area contributed by atoms with Gasteiger partial charge in [-0.05, 0) is 28.1 Å². The maximum Gasteiger partial charge on any atom is 0 e. The van der Waals surface area contributed by atoms with Gasteiger partial charge in [-0.2, -0.15) is 6.92 Å². The molecule has 0 aromatic carbocycles. The first-order chi connectivity index (χ1) is 15.4. The average molecular weight is 672 g/mol. The molecule has 228 valence electrons. The van der Waals surface area contributed by atoms with E-state index in [0.29, 0.717) is 16.2 Å². The molecule has 0 spiro atoms. The van der Waals surface area contributed by atoms with E-state index in [-0.39, 0.29) is 65.4 Å². The van der Waals surface area contributed by atoms with Gasteiger partial charge in [0.05, 0.1) is 0 Å². The molecule has 0 unspecified atom stereocenters. The SMILES string of the molecule is CC.CC.CC.CC.CC.CC(C)(C)C.CC(C)C(C)(C)C.CC1CC1.CCC(C)(C)C.[CH2-]C.[Y].[Y]. The van der Waals surface area contributed by atoms with Crippen LogP contribution in [0.25, 0.3) is 0 Å². The Kier molecular flexibility index (Phi) is 113. The van der Waals surface area contributed by atoms with Gasteiger partial charge < -0.3 is 6.92 Å². The van der Waals surface area contributed by atoms with Crippen molar-refractivity contribution in [2.24, 2.45) is 28.1 Å². The molecule has 0 atom stereocenters. The first-order valence-corrected chi connectivity index (χ1v) is 15.1. The van der Waals surface area contributed by atoms with Crippen LogP contribution in [0.3, 0.4) is 0 Å². The molecule has 0 N–H and O–H groups in total. The molecule has 0 heterocycles. The molecular weight excluding hydrogens is 586 g/mol. The molecule has 36 heavy (non-hydrogen) atoms. The summed E-state index contributed by atoms with van der Waals surface area (Å²) in [7, 11) is 0. The van der Waals surface area contributed by atoms with E-state index in [1.807, 2.05) is 69.2 Å². The average Bonchev–Trinajstić information content (AvgIpc) is 3.57. The predicted octanol–water partition coefficient (Wildman–Crippen LogP) is 14.6. The maximum absolute atomic E-state index is 3.25. The molecule has 1 rings (SSSR count). The summed E-state index contributed by atoms with van der Waals surface area (Å²) in [4.78, 5) is 0. The van der Waals surface area contributed by atoms with Crippen molar-refractivity contribution in [2.75, 3.05) is 0 Å². The fourth-order valence-corrected chi connectivity index (χ4v) is 0.167. The summed E-state index contributed by atoms with van der Waals surface area (Å²) in [6, 6.07) is 0.